The molecule has 0 saturated carbocycles. The van der Waals surface area contributed by atoms with Crippen LogP contribution in [0.1, 0.15) is 52.4 Å². The third-order valence-electron chi connectivity index (χ3n) is 3.76. The summed E-state index contributed by atoms with van der Waals surface area (Å²) in [7, 11) is 0. The van der Waals surface area contributed by atoms with Crippen molar-refractivity contribution in [3.05, 3.63) is 0 Å². The quantitative estimate of drug-likeness (QED) is 0.497. The summed E-state index contributed by atoms with van der Waals surface area (Å²) in [6.45, 7) is 7.32. The number of carbonyl (C=O) groups is 1. The first-order valence-corrected chi connectivity index (χ1v) is 7.90. The van der Waals surface area contributed by atoms with Crippen molar-refractivity contribution < 1.29 is 9.53 Å². The van der Waals surface area contributed by atoms with Gasteiger partial charge in [0.25, 0.3) is 0 Å². The lowest BCUT2D eigenvalue weighted by Gasteiger charge is -2.31. The molecule has 0 bridgehead atoms. The fraction of sp³-hybridized carbons (Fsp3) is 0.933. The van der Waals surface area contributed by atoms with Crippen LogP contribution in [0.3, 0.4) is 0 Å². The summed E-state index contributed by atoms with van der Waals surface area (Å²) in [6, 6.07) is 0.284. The molecule has 2 N–H and O–H groups in total. The summed E-state index contributed by atoms with van der Waals surface area (Å²) in [5.41, 5.74) is 0. The fourth-order valence-corrected chi connectivity index (χ4v) is 2.62. The van der Waals surface area contributed by atoms with Crippen LogP contribution in [0.5, 0.6) is 0 Å². The van der Waals surface area contributed by atoms with Gasteiger partial charge in [-0.15, -0.1) is 0 Å². The van der Waals surface area contributed by atoms with Crippen LogP contribution >= 0.6 is 0 Å². The Morgan fingerprint density at radius 1 is 1.26 bits per heavy atom. The van der Waals surface area contributed by atoms with E-state index in [0.29, 0.717) is 6.61 Å². The minimum atomic E-state index is -0.0572. The van der Waals surface area contributed by atoms with Crippen LogP contribution in [0.25, 0.3) is 0 Å². The Bertz CT molecular complexity index is 246. The molecule has 0 radical (unpaired) electrons. The second-order valence-electron chi connectivity index (χ2n) is 5.33. The molecule has 0 unspecified atom stereocenters. The van der Waals surface area contributed by atoms with Crippen LogP contribution in [0.4, 0.5) is 0 Å². The Labute approximate surface area is 117 Å². The van der Waals surface area contributed by atoms with Crippen LogP contribution in [0.2, 0.25) is 0 Å². The zero-order valence-corrected chi connectivity index (χ0v) is 12.5. The van der Waals surface area contributed by atoms with E-state index in [1.165, 1.54) is 32.1 Å². The third kappa shape index (κ3) is 6.39. The molecule has 0 aromatic heterocycles. The normalized spacial score (nSPS) is 23.3. The third-order valence-corrected chi connectivity index (χ3v) is 3.76. The minimum absolute atomic E-state index is 0.0238. The van der Waals surface area contributed by atoms with Gasteiger partial charge in [-0.05, 0) is 32.9 Å². The van der Waals surface area contributed by atoms with Gasteiger partial charge in [0.1, 0.15) is 0 Å². The Hall–Kier alpha value is -0.610. The monoisotopic (exact) mass is 270 g/mol. The Balaban J connectivity index is 2.22. The molecular weight excluding hydrogens is 240 g/mol. The molecule has 19 heavy (non-hydrogen) atoms. The van der Waals surface area contributed by atoms with Gasteiger partial charge in [-0.2, -0.15) is 0 Å². The molecule has 0 aliphatic carbocycles. The van der Waals surface area contributed by atoms with Crippen molar-refractivity contribution in [1.29, 1.82) is 0 Å². The van der Waals surface area contributed by atoms with Crippen molar-refractivity contribution in [1.82, 2.24) is 10.6 Å². The number of piperidine rings is 1. The van der Waals surface area contributed by atoms with E-state index in [1.54, 1.807) is 0 Å². The summed E-state index contributed by atoms with van der Waals surface area (Å²) in [6.07, 6.45) is 7.45. The topological polar surface area (TPSA) is 50.4 Å². The summed E-state index contributed by atoms with van der Waals surface area (Å²) < 4.78 is 5.15. The van der Waals surface area contributed by atoms with Gasteiger partial charge in [-0.25, -0.2) is 0 Å². The number of ether oxygens (including phenoxy) is 1. The fourth-order valence-electron chi connectivity index (χ4n) is 2.62. The van der Waals surface area contributed by atoms with E-state index >= 15 is 0 Å². The second-order valence-corrected chi connectivity index (χ2v) is 5.33. The lowest BCUT2D eigenvalue weighted by atomic mass is 9.93. The number of hydrogen-bond donors (Lipinski definition) is 2. The minimum Gasteiger partial charge on any atom is -0.466 e. The van der Waals surface area contributed by atoms with Crippen LogP contribution in [-0.2, 0) is 9.53 Å². The van der Waals surface area contributed by atoms with Gasteiger partial charge < -0.3 is 15.4 Å². The van der Waals surface area contributed by atoms with E-state index in [-0.39, 0.29) is 17.9 Å². The zero-order valence-electron chi connectivity index (χ0n) is 12.5. The predicted molar refractivity (Wildman–Crippen MR) is 78.2 cm³/mol. The molecule has 0 aromatic rings. The highest BCUT2D eigenvalue weighted by Gasteiger charge is 2.31. The van der Waals surface area contributed by atoms with Gasteiger partial charge in [-0.3, -0.25) is 4.79 Å². The summed E-state index contributed by atoms with van der Waals surface area (Å²) in [4.78, 5) is 11.9. The largest absolute Gasteiger partial charge is 0.466 e. The number of unbranched alkanes of at least 4 members (excludes halogenated alkanes) is 4. The second kappa shape index (κ2) is 10.2. The molecule has 1 heterocycles. The molecule has 4 heteroatoms. The molecule has 0 aromatic carbocycles. The van der Waals surface area contributed by atoms with Crippen molar-refractivity contribution in [2.75, 3.05) is 26.2 Å². The van der Waals surface area contributed by atoms with Gasteiger partial charge in [-0.1, -0.05) is 32.6 Å². The van der Waals surface area contributed by atoms with Crippen molar-refractivity contribution in [2.24, 2.45) is 5.92 Å². The van der Waals surface area contributed by atoms with E-state index in [4.69, 9.17) is 4.74 Å². The smallest absolute Gasteiger partial charge is 0.311 e. The van der Waals surface area contributed by atoms with Gasteiger partial charge >= 0.3 is 5.97 Å². The van der Waals surface area contributed by atoms with Crippen LogP contribution < -0.4 is 10.6 Å². The van der Waals surface area contributed by atoms with Crippen LogP contribution in [0, 0.1) is 5.92 Å². The van der Waals surface area contributed by atoms with E-state index in [1.807, 2.05) is 6.92 Å². The van der Waals surface area contributed by atoms with Gasteiger partial charge in [0, 0.05) is 12.6 Å². The van der Waals surface area contributed by atoms with Gasteiger partial charge in [0.2, 0.25) is 0 Å². The highest BCUT2D eigenvalue weighted by Crippen LogP contribution is 2.14. The standard InChI is InChI=1S/C15H30N2O2/c1-3-5-6-7-8-10-17-14-9-11-16-12-13(14)15(18)19-4-2/h13-14,16-17H,3-12H2,1-2H3/t13-,14+/m0/s1. The average Bonchev–Trinajstić information content (AvgIpc) is 2.43. The lowest BCUT2D eigenvalue weighted by molar-refractivity contribution is -0.149. The molecule has 1 rings (SSSR count). The maximum atomic E-state index is 11.9. The summed E-state index contributed by atoms with van der Waals surface area (Å²) in [5.74, 6) is -0.0810. The predicted octanol–water partition coefficient (Wildman–Crippen LogP) is 2.09. The summed E-state index contributed by atoms with van der Waals surface area (Å²) in [5, 5.41) is 6.83. The molecule has 2 atom stereocenters. The molecule has 0 amide bonds. The maximum absolute atomic E-state index is 11.9. The van der Waals surface area contributed by atoms with E-state index < -0.39 is 0 Å². The first-order chi connectivity index (χ1) is 9.29. The molecule has 1 aliphatic heterocycles. The van der Waals surface area contributed by atoms with Crippen molar-refractivity contribution in [3.63, 3.8) is 0 Å². The lowest BCUT2D eigenvalue weighted by Crippen LogP contribution is -2.51. The van der Waals surface area contributed by atoms with Crippen LogP contribution in [0.15, 0.2) is 0 Å². The summed E-state index contributed by atoms with van der Waals surface area (Å²) >= 11 is 0. The molecule has 1 aliphatic rings. The molecule has 0 spiro atoms. The number of rotatable bonds is 9. The number of esters is 1. The SMILES string of the molecule is CCCCCCCN[C@@H]1CCNC[C@@H]1C(=O)OCC. The Morgan fingerprint density at radius 3 is 2.79 bits per heavy atom. The van der Waals surface area contributed by atoms with Crippen LogP contribution in [-0.4, -0.2) is 38.3 Å². The van der Waals surface area contributed by atoms with Gasteiger partial charge in [0.15, 0.2) is 0 Å². The zero-order chi connectivity index (χ0) is 13.9. The number of nitrogens with one attached hydrogen (secondary N) is 2. The first kappa shape index (κ1) is 16.4. The maximum Gasteiger partial charge on any atom is 0.311 e. The first-order valence-electron chi connectivity index (χ1n) is 7.90. The highest BCUT2D eigenvalue weighted by molar-refractivity contribution is 5.73. The van der Waals surface area contributed by atoms with Crippen molar-refractivity contribution in [3.8, 4) is 0 Å². The van der Waals surface area contributed by atoms with Crippen molar-refractivity contribution in [2.45, 2.75) is 58.4 Å². The Morgan fingerprint density at radius 2 is 2.05 bits per heavy atom. The van der Waals surface area contributed by atoms with E-state index in [2.05, 4.69) is 17.6 Å². The molecule has 112 valence electrons. The number of carbonyl (C=O) groups excluding carboxylic acids is 1. The molecule has 1 fully saturated rings. The van der Waals surface area contributed by atoms with Gasteiger partial charge in [0.05, 0.1) is 12.5 Å². The van der Waals surface area contributed by atoms with E-state index in [9.17, 15) is 4.79 Å². The van der Waals surface area contributed by atoms with E-state index in [0.717, 1.165) is 26.1 Å². The number of hydrogen-bond acceptors (Lipinski definition) is 4. The molecule has 1 saturated heterocycles. The Kier molecular flexibility index (Phi) is 8.84. The molecule has 4 nitrogen and oxygen atoms in total. The average molecular weight is 270 g/mol. The van der Waals surface area contributed by atoms with Crippen molar-refractivity contribution >= 4 is 5.97 Å². The highest BCUT2D eigenvalue weighted by atomic mass is 16.5. The molecular formula is C15H30N2O2.